The minimum atomic E-state index is -0.411. The lowest BCUT2D eigenvalue weighted by Gasteiger charge is -2.36. The van der Waals surface area contributed by atoms with Gasteiger partial charge in [0.2, 0.25) is 6.79 Å². The number of carbonyl (C=O) groups is 1. The maximum atomic E-state index is 12.7. The molecule has 0 aliphatic carbocycles. The molecule has 0 aromatic heterocycles. The van der Waals surface area contributed by atoms with Crippen LogP contribution in [0.1, 0.15) is 10.4 Å². The van der Waals surface area contributed by atoms with Crippen LogP contribution in [-0.2, 0) is 0 Å². The van der Waals surface area contributed by atoms with E-state index in [4.69, 9.17) is 9.47 Å². The normalized spacial score (nSPS) is 15.8. The SMILES string of the molecule is O=C(c1ccc2c(c1)OCO2)N1CCN(c2ccc([N+](=O)[O-])cc2)CC1. The number of carbonyl (C=O) groups excluding carboxylic acids is 1. The van der Waals surface area contributed by atoms with E-state index in [9.17, 15) is 14.9 Å². The van der Waals surface area contributed by atoms with Crippen LogP contribution < -0.4 is 14.4 Å². The Morgan fingerprint density at radius 1 is 0.962 bits per heavy atom. The van der Waals surface area contributed by atoms with E-state index < -0.39 is 4.92 Å². The molecule has 0 atom stereocenters. The van der Waals surface area contributed by atoms with Crippen molar-refractivity contribution in [3.63, 3.8) is 0 Å². The molecule has 26 heavy (non-hydrogen) atoms. The second-order valence-electron chi connectivity index (χ2n) is 6.12. The third-order valence-corrected chi connectivity index (χ3v) is 4.61. The molecular formula is C18H17N3O5. The molecule has 1 amide bonds. The minimum absolute atomic E-state index is 0.0355. The van der Waals surface area contributed by atoms with E-state index in [1.807, 2.05) is 0 Å². The van der Waals surface area contributed by atoms with Gasteiger partial charge in [-0.15, -0.1) is 0 Å². The molecule has 1 fully saturated rings. The van der Waals surface area contributed by atoms with Gasteiger partial charge in [-0.1, -0.05) is 0 Å². The maximum absolute atomic E-state index is 12.7. The van der Waals surface area contributed by atoms with Gasteiger partial charge in [0.1, 0.15) is 0 Å². The summed E-state index contributed by atoms with van der Waals surface area (Å²) in [5.74, 6) is 1.22. The molecule has 1 saturated heterocycles. The monoisotopic (exact) mass is 355 g/mol. The Hall–Kier alpha value is -3.29. The van der Waals surface area contributed by atoms with Gasteiger partial charge < -0.3 is 19.3 Å². The molecule has 0 radical (unpaired) electrons. The quantitative estimate of drug-likeness (QED) is 0.620. The number of hydrogen-bond acceptors (Lipinski definition) is 6. The molecule has 2 heterocycles. The third-order valence-electron chi connectivity index (χ3n) is 4.61. The zero-order valence-corrected chi connectivity index (χ0v) is 14.0. The standard InChI is InChI=1S/C18H17N3O5/c22-18(13-1-6-16-17(11-13)26-12-25-16)20-9-7-19(8-10-20)14-2-4-15(5-3-14)21(23)24/h1-6,11H,7-10,12H2. The number of nitro benzene ring substituents is 1. The molecule has 2 aliphatic heterocycles. The van der Waals surface area contributed by atoms with Crippen molar-refractivity contribution in [2.24, 2.45) is 0 Å². The lowest BCUT2D eigenvalue weighted by molar-refractivity contribution is -0.384. The highest BCUT2D eigenvalue weighted by Crippen LogP contribution is 2.33. The number of ether oxygens (including phenoxy) is 2. The van der Waals surface area contributed by atoms with E-state index >= 15 is 0 Å². The third kappa shape index (κ3) is 3.01. The van der Waals surface area contributed by atoms with Gasteiger partial charge in [0.15, 0.2) is 11.5 Å². The van der Waals surface area contributed by atoms with Crippen molar-refractivity contribution >= 4 is 17.3 Å². The molecule has 0 spiro atoms. The zero-order chi connectivity index (χ0) is 18.1. The molecule has 134 valence electrons. The van der Waals surface area contributed by atoms with Crippen LogP contribution in [0.25, 0.3) is 0 Å². The summed E-state index contributed by atoms with van der Waals surface area (Å²) in [7, 11) is 0. The summed E-state index contributed by atoms with van der Waals surface area (Å²) in [5.41, 5.74) is 1.58. The number of amides is 1. The van der Waals surface area contributed by atoms with Crippen molar-refractivity contribution in [2.45, 2.75) is 0 Å². The first-order valence-corrected chi connectivity index (χ1v) is 8.30. The predicted molar refractivity (Wildman–Crippen MR) is 93.8 cm³/mol. The largest absolute Gasteiger partial charge is 0.454 e. The molecule has 0 N–H and O–H groups in total. The molecule has 2 aromatic rings. The fourth-order valence-electron chi connectivity index (χ4n) is 3.17. The van der Waals surface area contributed by atoms with Crippen molar-refractivity contribution in [3.8, 4) is 11.5 Å². The van der Waals surface area contributed by atoms with Crippen LogP contribution in [0.4, 0.5) is 11.4 Å². The molecule has 2 aliphatic rings. The average molecular weight is 355 g/mol. The number of anilines is 1. The van der Waals surface area contributed by atoms with Crippen molar-refractivity contribution < 1.29 is 19.2 Å². The number of piperazine rings is 1. The van der Waals surface area contributed by atoms with E-state index in [-0.39, 0.29) is 18.4 Å². The van der Waals surface area contributed by atoms with Crippen LogP contribution in [0.3, 0.4) is 0 Å². The first-order valence-electron chi connectivity index (χ1n) is 8.30. The average Bonchev–Trinajstić information content (AvgIpc) is 3.15. The van der Waals surface area contributed by atoms with E-state index in [0.717, 1.165) is 5.69 Å². The van der Waals surface area contributed by atoms with Gasteiger partial charge in [-0.2, -0.15) is 0 Å². The predicted octanol–water partition coefficient (Wildman–Crippen LogP) is 2.29. The number of benzene rings is 2. The number of nitrogens with zero attached hydrogens (tertiary/aromatic N) is 3. The van der Waals surface area contributed by atoms with Gasteiger partial charge in [0, 0.05) is 49.6 Å². The Bertz CT molecular complexity index is 844. The Morgan fingerprint density at radius 3 is 2.35 bits per heavy atom. The van der Waals surface area contributed by atoms with Gasteiger partial charge in [0.25, 0.3) is 11.6 Å². The summed E-state index contributed by atoms with van der Waals surface area (Å²) in [6.45, 7) is 2.71. The smallest absolute Gasteiger partial charge is 0.269 e. The molecule has 8 heteroatoms. The summed E-state index contributed by atoms with van der Waals surface area (Å²) >= 11 is 0. The first-order chi connectivity index (χ1) is 12.6. The molecule has 0 saturated carbocycles. The number of fused-ring (bicyclic) bond motifs is 1. The highest BCUT2D eigenvalue weighted by molar-refractivity contribution is 5.95. The topological polar surface area (TPSA) is 85.2 Å². The Labute approximate surface area is 149 Å². The van der Waals surface area contributed by atoms with Gasteiger partial charge in [0.05, 0.1) is 4.92 Å². The highest BCUT2D eigenvalue weighted by atomic mass is 16.7. The van der Waals surface area contributed by atoms with Crippen LogP contribution in [0.2, 0.25) is 0 Å². The van der Waals surface area contributed by atoms with Gasteiger partial charge in [-0.25, -0.2) is 0 Å². The van der Waals surface area contributed by atoms with Crippen molar-refractivity contribution in [1.29, 1.82) is 0 Å². The van der Waals surface area contributed by atoms with Crippen molar-refractivity contribution in [3.05, 3.63) is 58.1 Å². The summed E-state index contributed by atoms with van der Waals surface area (Å²) in [4.78, 5) is 27.0. The van der Waals surface area contributed by atoms with E-state index in [0.29, 0.717) is 43.2 Å². The van der Waals surface area contributed by atoms with E-state index in [1.54, 1.807) is 35.2 Å². The highest BCUT2D eigenvalue weighted by Gasteiger charge is 2.24. The van der Waals surface area contributed by atoms with Crippen LogP contribution >= 0.6 is 0 Å². The fraction of sp³-hybridized carbons (Fsp3) is 0.278. The van der Waals surface area contributed by atoms with Crippen LogP contribution in [0.15, 0.2) is 42.5 Å². The summed E-state index contributed by atoms with van der Waals surface area (Å²) in [6.07, 6.45) is 0. The number of nitro groups is 1. The number of rotatable bonds is 3. The maximum Gasteiger partial charge on any atom is 0.269 e. The number of hydrogen-bond donors (Lipinski definition) is 0. The van der Waals surface area contributed by atoms with E-state index in [2.05, 4.69) is 4.90 Å². The Morgan fingerprint density at radius 2 is 1.65 bits per heavy atom. The van der Waals surface area contributed by atoms with Crippen LogP contribution in [0, 0.1) is 10.1 Å². The summed E-state index contributed by atoms with van der Waals surface area (Å²) in [6, 6.07) is 11.7. The van der Waals surface area contributed by atoms with Gasteiger partial charge in [-0.3, -0.25) is 14.9 Å². The molecular weight excluding hydrogens is 338 g/mol. The van der Waals surface area contributed by atoms with Crippen LogP contribution in [-0.4, -0.2) is 48.7 Å². The Kier molecular flexibility index (Phi) is 4.08. The summed E-state index contributed by atoms with van der Waals surface area (Å²) < 4.78 is 10.6. The van der Waals surface area contributed by atoms with Gasteiger partial charge in [-0.05, 0) is 30.3 Å². The molecule has 2 aromatic carbocycles. The zero-order valence-electron chi connectivity index (χ0n) is 14.0. The molecule has 0 unspecified atom stereocenters. The first kappa shape index (κ1) is 16.2. The minimum Gasteiger partial charge on any atom is -0.454 e. The second-order valence-corrected chi connectivity index (χ2v) is 6.12. The molecule has 0 bridgehead atoms. The van der Waals surface area contributed by atoms with Crippen molar-refractivity contribution in [2.75, 3.05) is 37.9 Å². The van der Waals surface area contributed by atoms with E-state index in [1.165, 1.54) is 12.1 Å². The lowest BCUT2D eigenvalue weighted by Crippen LogP contribution is -2.48. The Balaban J connectivity index is 1.40. The molecule has 8 nitrogen and oxygen atoms in total. The van der Waals surface area contributed by atoms with Gasteiger partial charge >= 0.3 is 0 Å². The summed E-state index contributed by atoms with van der Waals surface area (Å²) in [5, 5.41) is 10.7. The van der Waals surface area contributed by atoms with Crippen molar-refractivity contribution in [1.82, 2.24) is 4.90 Å². The lowest BCUT2D eigenvalue weighted by atomic mass is 10.1. The molecule has 4 rings (SSSR count). The number of non-ortho nitro benzene ring substituents is 1. The van der Waals surface area contributed by atoms with Crippen LogP contribution in [0.5, 0.6) is 11.5 Å². The second kappa shape index (κ2) is 6.55. The fourth-order valence-corrected chi connectivity index (χ4v) is 3.17.